The minimum Gasteiger partial charge on any atom is -0.476 e. The molecule has 2 fully saturated rings. The van der Waals surface area contributed by atoms with Gasteiger partial charge in [0, 0.05) is 12.8 Å². The molecule has 0 bridgehead atoms. The molecule has 1 amide bonds. The van der Waals surface area contributed by atoms with Crippen molar-refractivity contribution in [1.29, 1.82) is 0 Å². The number of carboxylic acids is 1. The van der Waals surface area contributed by atoms with E-state index in [4.69, 9.17) is 23.8 Å². The van der Waals surface area contributed by atoms with Gasteiger partial charge in [-0.3, -0.25) is 4.79 Å². The van der Waals surface area contributed by atoms with E-state index in [1.165, 1.54) is 24.7 Å². The summed E-state index contributed by atoms with van der Waals surface area (Å²) in [5, 5.41) is 7.12. The van der Waals surface area contributed by atoms with Crippen molar-refractivity contribution in [3.05, 3.63) is 42.0 Å². The van der Waals surface area contributed by atoms with E-state index in [0.29, 0.717) is 32.0 Å². The van der Waals surface area contributed by atoms with Crippen LogP contribution in [-0.4, -0.2) is 69.9 Å². The molecule has 1 N–H and O–H groups in total. The molecule has 2 aliphatic heterocycles. The Morgan fingerprint density at radius 3 is 2.61 bits per heavy atom. The number of carboxylic acid groups (broad SMARTS) is 1. The third-order valence-electron chi connectivity index (χ3n) is 5.42. The Balaban J connectivity index is 0.000000383. The zero-order chi connectivity index (χ0) is 24.2. The van der Waals surface area contributed by atoms with Crippen molar-refractivity contribution < 1.29 is 46.1 Å². The second-order valence-corrected chi connectivity index (χ2v) is 7.56. The number of aliphatic carboxylic acids is 1. The number of ether oxygens (including phenoxy) is 2. The summed E-state index contributed by atoms with van der Waals surface area (Å²) in [6.45, 7) is 3.81. The summed E-state index contributed by atoms with van der Waals surface area (Å²) in [5.41, 5.74) is 0.251. The third kappa shape index (κ3) is 5.59. The number of pyridine rings is 1. The zero-order valence-electron chi connectivity index (χ0n) is 17.5. The Hall–Kier alpha value is -3.22. The van der Waals surface area contributed by atoms with Crippen LogP contribution in [-0.2, 0) is 9.53 Å². The first-order valence-corrected chi connectivity index (χ1v) is 9.90. The lowest BCUT2D eigenvalue weighted by Gasteiger charge is -2.50. The standard InChI is InChI=1S/C18H20FN3O4.C2HF3O2/c1-12-15(25-11-21-12)17(23)22-9-18(10-22)13(5-8-26-18)4-7-24-16-14(19)3-2-6-20-16;3-2(4,5)1(6)7/h2-3,6,11,13H,4-5,7-10H2,1H3;(H,6,7). The van der Waals surface area contributed by atoms with Crippen LogP contribution in [0.3, 0.4) is 0 Å². The molecule has 0 radical (unpaired) electrons. The summed E-state index contributed by atoms with van der Waals surface area (Å²) in [7, 11) is 0. The zero-order valence-corrected chi connectivity index (χ0v) is 17.5. The molecule has 1 unspecified atom stereocenters. The first kappa shape index (κ1) is 24.4. The lowest BCUT2D eigenvalue weighted by Crippen LogP contribution is -2.66. The second-order valence-electron chi connectivity index (χ2n) is 7.56. The van der Waals surface area contributed by atoms with Gasteiger partial charge in [-0.15, -0.1) is 0 Å². The summed E-state index contributed by atoms with van der Waals surface area (Å²) >= 11 is 0. The van der Waals surface area contributed by atoms with E-state index in [2.05, 4.69) is 9.97 Å². The number of carbonyl (C=O) groups is 2. The summed E-state index contributed by atoms with van der Waals surface area (Å²) in [6, 6.07) is 2.85. The molecule has 0 aromatic carbocycles. The fraction of sp³-hybridized carbons (Fsp3) is 0.500. The van der Waals surface area contributed by atoms with Gasteiger partial charge in [-0.1, -0.05) is 0 Å². The molecule has 33 heavy (non-hydrogen) atoms. The number of nitrogens with zero attached hydrogens (tertiary/aromatic N) is 3. The molecule has 1 spiro atoms. The monoisotopic (exact) mass is 475 g/mol. The van der Waals surface area contributed by atoms with E-state index in [-0.39, 0.29) is 29.1 Å². The molecular weight excluding hydrogens is 454 g/mol. The van der Waals surface area contributed by atoms with Gasteiger partial charge in [0.05, 0.1) is 25.4 Å². The van der Waals surface area contributed by atoms with E-state index < -0.39 is 18.0 Å². The highest BCUT2D eigenvalue weighted by atomic mass is 19.4. The molecule has 9 nitrogen and oxygen atoms in total. The average Bonchev–Trinajstić information content (AvgIpc) is 3.34. The highest BCUT2D eigenvalue weighted by molar-refractivity contribution is 5.93. The minimum atomic E-state index is -5.08. The number of aromatic nitrogens is 2. The molecule has 2 aromatic rings. The van der Waals surface area contributed by atoms with Crippen molar-refractivity contribution in [2.75, 3.05) is 26.3 Å². The van der Waals surface area contributed by atoms with E-state index >= 15 is 0 Å². The summed E-state index contributed by atoms with van der Waals surface area (Å²) in [4.78, 5) is 30.9. The summed E-state index contributed by atoms with van der Waals surface area (Å²) in [6.07, 6.45) is -0.683. The number of halogens is 4. The molecule has 13 heteroatoms. The number of aryl methyl sites for hydroxylation is 1. The SMILES string of the molecule is Cc1ncoc1C(=O)N1CC2(C1)OCCC2CCOc1ncccc1F.O=C(O)C(F)(F)F. The molecule has 2 saturated heterocycles. The number of carbonyl (C=O) groups excluding carboxylic acids is 1. The Labute approximate surface area is 185 Å². The van der Waals surface area contributed by atoms with E-state index in [9.17, 15) is 22.4 Å². The Morgan fingerprint density at radius 1 is 1.33 bits per heavy atom. The van der Waals surface area contributed by atoms with Gasteiger partial charge in [-0.25, -0.2) is 19.2 Å². The van der Waals surface area contributed by atoms with Gasteiger partial charge >= 0.3 is 12.1 Å². The molecule has 4 heterocycles. The van der Waals surface area contributed by atoms with Crippen LogP contribution in [0.4, 0.5) is 17.6 Å². The van der Waals surface area contributed by atoms with Crippen LogP contribution in [0.25, 0.3) is 0 Å². The van der Waals surface area contributed by atoms with Crippen LogP contribution in [0.1, 0.15) is 29.1 Å². The predicted molar refractivity (Wildman–Crippen MR) is 102 cm³/mol. The van der Waals surface area contributed by atoms with Crippen LogP contribution < -0.4 is 4.74 Å². The smallest absolute Gasteiger partial charge is 0.476 e. The number of amides is 1. The van der Waals surface area contributed by atoms with E-state index in [1.54, 1.807) is 11.8 Å². The molecular formula is C20H21F4N3O6. The molecule has 1 atom stereocenters. The fourth-order valence-electron chi connectivity index (χ4n) is 3.71. The molecule has 2 aliphatic rings. The maximum atomic E-state index is 13.6. The number of hydrogen-bond acceptors (Lipinski definition) is 7. The lowest BCUT2D eigenvalue weighted by atomic mass is 9.79. The predicted octanol–water partition coefficient (Wildman–Crippen LogP) is 2.85. The van der Waals surface area contributed by atoms with Crippen LogP contribution in [0, 0.1) is 18.7 Å². The molecule has 0 aliphatic carbocycles. The van der Waals surface area contributed by atoms with Gasteiger partial charge in [0.2, 0.25) is 11.6 Å². The number of oxazole rings is 1. The lowest BCUT2D eigenvalue weighted by molar-refractivity contribution is -0.192. The molecule has 4 rings (SSSR count). The van der Waals surface area contributed by atoms with Crippen molar-refractivity contribution in [1.82, 2.24) is 14.9 Å². The van der Waals surface area contributed by atoms with Crippen LogP contribution >= 0.6 is 0 Å². The molecule has 0 saturated carbocycles. The third-order valence-corrected chi connectivity index (χ3v) is 5.42. The van der Waals surface area contributed by atoms with Gasteiger partial charge in [0.15, 0.2) is 12.2 Å². The van der Waals surface area contributed by atoms with E-state index in [1.807, 2.05) is 0 Å². The van der Waals surface area contributed by atoms with Gasteiger partial charge < -0.3 is 23.9 Å². The van der Waals surface area contributed by atoms with Gasteiger partial charge in [-0.05, 0) is 37.8 Å². The fourth-order valence-corrected chi connectivity index (χ4v) is 3.71. The highest BCUT2D eigenvalue weighted by Crippen LogP contribution is 2.42. The van der Waals surface area contributed by atoms with Gasteiger partial charge in [-0.2, -0.15) is 13.2 Å². The second kappa shape index (κ2) is 9.73. The van der Waals surface area contributed by atoms with Gasteiger partial charge in [0.1, 0.15) is 5.60 Å². The Morgan fingerprint density at radius 2 is 2.03 bits per heavy atom. The number of hydrogen-bond donors (Lipinski definition) is 1. The largest absolute Gasteiger partial charge is 0.490 e. The quantitative estimate of drug-likeness (QED) is 0.657. The topological polar surface area (TPSA) is 115 Å². The molecule has 180 valence electrons. The van der Waals surface area contributed by atoms with Crippen molar-refractivity contribution >= 4 is 11.9 Å². The van der Waals surface area contributed by atoms with Crippen molar-refractivity contribution in [2.45, 2.75) is 31.5 Å². The number of rotatable bonds is 5. The Kier molecular flexibility index (Phi) is 7.20. The molecule has 2 aromatic heterocycles. The maximum Gasteiger partial charge on any atom is 0.490 e. The summed E-state index contributed by atoms with van der Waals surface area (Å²) < 4.78 is 61.9. The van der Waals surface area contributed by atoms with Crippen LogP contribution in [0.15, 0.2) is 29.1 Å². The maximum absolute atomic E-state index is 13.6. The first-order chi connectivity index (χ1) is 15.5. The average molecular weight is 475 g/mol. The minimum absolute atomic E-state index is 0.0201. The number of likely N-dealkylation sites (tertiary alicyclic amines) is 1. The van der Waals surface area contributed by atoms with Crippen molar-refractivity contribution in [2.24, 2.45) is 5.92 Å². The van der Waals surface area contributed by atoms with E-state index in [0.717, 1.165) is 12.8 Å². The van der Waals surface area contributed by atoms with Crippen LogP contribution in [0.5, 0.6) is 5.88 Å². The van der Waals surface area contributed by atoms with Crippen molar-refractivity contribution in [3.8, 4) is 5.88 Å². The normalized spacial score (nSPS) is 18.9. The Bertz CT molecular complexity index is 990. The highest BCUT2D eigenvalue weighted by Gasteiger charge is 2.54. The van der Waals surface area contributed by atoms with Gasteiger partial charge in [0.25, 0.3) is 5.91 Å². The van der Waals surface area contributed by atoms with Crippen molar-refractivity contribution in [3.63, 3.8) is 0 Å². The first-order valence-electron chi connectivity index (χ1n) is 9.90. The number of alkyl halides is 3. The summed E-state index contributed by atoms with van der Waals surface area (Å²) in [5.74, 6) is -2.82. The van der Waals surface area contributed by atoms with Crippen LogP contribution in [0.2, 0.25) is 0 Å².